The summed E-state index contributed by atoms with van der Waals surface area (Å²) in [5.41, 5.74) is 0. The average molecular weight is 251 g/mol. The van der Waals surface area contributed by atoms with Crippen molar-refractivity contribution in [2.45, 2.75) is 50.2 Å². The summed E-state index contributed by atoms with van der Waals surface area (Å²) in [5, 5.41) is 5.33. The van der Waals surface area contributed by atoms with Crippen LogP contribution in [0.4, 0.5) is 8.78 Å². The van der Waals surface area contributed by atoms with E-state index >= 15 is 0 Å². The van der Waals surface area contributed by atoms with E-state index in [1.165, 1.54) is 0 Å². The van der Waals surface area contributed by atoms with E-state index in [1.807, 2.05) is 6.08 Å². The van der Waals surface area contributed by atoms with Gasteiger partial charge in [0.2, 0.25) is 5.92 Å². The number of nitrogens with two attached hydrogens (primary N) is 1. The first-order valence-corrected chi connectivity index (χ1v) is 6.68. The van der Waals surface area contributed by atoms with Crippen LogP contribution in [0.1, 0.15) is 39.5 Å². The van der Waals surface area contributed by atoms with E-state index in [0.717, 1.165) is 0 Å². The first-order valence-electron chi connectivity index (χ1n) is 5.46. The van der Waals surface area contributed by atoms with Crippen LogP contribution < -0.4 is 5.14 Å². The molecule has 0 spiro atoms. The molecular weight excluding hydrogens is 232 g/mol. The van der Waals surface area contributed by atoms with Crippen LogP contribution in [0.25, 0.3) is 0 Å². The molecule has 0 aromatic rings. The van der Waals surface area contributed by atoms with Gasteiger partial charge in [-0.05, 0) is 38.7 Å². The third-order valence-electron chi connectivity index (χ3n) is 3.05. The Morgan fingerprint density at radius 3 is 2.31 bits per heavy atom. The second-order valence-electron chi connectivity index (χ2n) is 4.95. The molecule has 0 aliphatic heterocycles. The third kappa shape index (κ3) is 4.03. The van der Waals surface area contributed by atoms with Crippen molar-refractivity contribution in [3.8, 4) is 0 Å². The van der Waals surface area contributed by atoms with Gasteiger partial charge in [-0.25, -0.2) is 8.78 Å². The fourth-order valence-electron chi connectivity index (χ4n) is 1.69. The van der Waals surface area contributed by atoms with Gasteiger partial charge in [0.05, 0.1) is 0 Å². The number of halogens is 2. The summed E-state index contributed by atoms with van der Waals surface area (Å²) in [6, 6.07) is 0. The fraction of sp³-hybridized carbons (Fsp3) is 0.818. The fourth-order valence-corrected chi connectivity index (χ4v) is 1.90. The smallest absolute Gasteiger partial charge is 0.248 e. The van der Waals surface area contributed by atoms with Gasteiger partial charge < -0.3 is 4.55 Å². The standard InChI is InChI=1S/C11H19F2NOS/c1-10(2,16(14)15)6-3-9-4-7-11(12,13)8-5-9/h3,6,9H,4-5,7-8,14H2,1-2H3. The van der Waals surface area contributed by atoms with E-state index in [1.54, 1.807) is 19.9 Å². The predicted molar refractivity (Wildman–Crippen MR) is 62.5 cm³/mol. The lowest BCUT2D eigenvalue weighted by atomic mass is 9.86. The van der Waals surface area contributed by atoms with Gasteiger partial charge in [0.15, 0.2) is 4.75 Å². The molecule has 1 saturated carbocycles. The molecule has 0 amide bonds. The molecule has 0 bridgehead atoms. The van der Waals surface area contributed by atoms with Gasteiger partial charge in [0.25, 0.3) is 0 Å². The maximum Gasteiger partial charge on any atom is 0.248 e. The third-order valence-corrected chi connectivity index (χ3v) is 4.22. The van der Waals surface area contributed by atoms with Gasteiger partial charge in [-0.15, -0.1) is 0 Å². The van der Waals surface area contributed by atoms with Gasteiger partial charge in [-0.2, -0.15) is 5.14 Å². The highest BCUT2D eigenvalue weighted by molar-refractivity contribution is 7.90. The molecule has 5 heteroatoms. The number of alkyl halides is 2. The molecule has 1 unspecified atom stereocenters. The van der Waals surface area contributed by atoms with E-state index in [0.29, 0.717) is 12.8 Å². The zero-order valence-electron chi connectivity index (χ0n) is 9.71. The van der Waals surface area contributed by atoms with Crippen LogP contribution in [0, 0.1) is 5.92 Å². The van der Waals surface area contributed by atoms with Crippen molar-refractivity contribution in [1.29, 1.82) is 0 Å². The molecule has 0 saturated heterocycles. The van der Waals surface area contributed by atoms with E-state index in [4.69, 9.17) is 5.14 Å². The second kappa shape index (κ2) is 5.02. The minimum atomic E-state index is -2.49. The van der Waals surface area contributed by atoms with E-state index in [2.05, 4.69) is 0 Å². The van der Waals surface area contributed by atoms with Crippen LogP contribution in [-0.2, 0) is 11.4 Å². The van der Waals surface area contributed by atoms with Crippen LogP contribution in [0.3, 0.4) is 0 Å². The van der Waals surface area contributed by atoms with Crippen molar-refractivity contribution >= 4 is 11.4 Å². The number of rotatable bonds is 3. The van der Waals surface area contributed by atoms with Gasteiger partial charge in [0, 0.05) is 24.2 Å². The zero-order valence-corrected chi connectivity index (χ0v) is 10.5. The first kappa shape index (κ1) is 13.9. The highest BCUT2D eigenvalue weighted by Gasteiger charge is 2.34. The van der Waals surface area contributed by atoms with Crippen molar-refractivity contribution in [2.24, 2.45) is 11.1 Å². The Balaban J connectivity index is 2.48. The molecule has 0 radical (unpaired) electrons. The van der Waals surface area contributed by atoms with Crippen LogP contribution in [0.2, 0.25) is 0 Å². The summed E-state index contributed by atoms with van der Waals surface area (Å²) in [4.78, 5) is 0. The number of allylic oxidation sites excluding steroid dienone is 1. The number of hydrogen-bond acceptors (Lipinski definition) is 2. The Labute approximate surface area is 98.6 Å². The summed E-state index contributed by atoms with van der Waals surface area (Å²) in [7, 11) is 0. The van der Waals surface area contributed by atoms with Crippen LogP contribution in [0.15, 0.2) is 12.2 Å². The molecule has 1 aliphatic carbocycles. The maximum atomic E-state index is 12.9. The summed E-state index contributed by atoms with van der Waals surface area (Å²) < 4.78 is 36.4. The van der Waals surface area contributed by atoms with Crippen LogP contribution in [0.5, 0.6) is 0 Å². The Bertz CT molecular complexity index is 257. The molecule has 2 N–H and O–H groups in total. The molecule has 0 aromatic heterocycles. The zero-order chi connectivity index (χ0) is 12.4. The van der Waals surface area contributed by atoms with E-state index in [-0.39, 0.29) is 18.8 Å². The van der Waals surface area contributed by atoms with E-state index < -0.39 is 22.0 Å². The molecule has 94 valence electrons. The first-order chi connectivity index (χ1) is 7.23. The lowest BCUT2D eigenvalue weighted by Crippen LogP contribution is -2.36. The van der Waals surface area contributed by atoms with Gasteiger partial charge in [0.1, 0.15) is 0 Å². The minimum Gasteiger partial charge on any atom is -0.598 e. The maximum absolute atomic E-state index is 12.9. The average Bonchev–Trinajstić information content (AvgIpc) is 2.16. The molecule has 1 aliphatic rings. The normalized spacial score (nSPS) is 24.9. The van der Waals surface area contributed by atoms with Gasteiger partial charge in [-0.3, -0.25) is 0 Å². The molecule has 0 aromatic carbocycles. The monoisotopic (exact) mass is 251 g/mol. The molecular formula is C11H19F2NOS. The Morgan fingerprint density at radius 1 is 1.38 bits per heavy atom. The van der Waals surface area contributed by atoms with Gasteiger partial charge in [-0.1, -0.05) is 6.08 Å². The Hall–Kier alpha value is -0.130. The number of hydrogen-bond donors (Lipinski definition) is 1. The molecule has 2 nitrogen and oxygen atoms in total. The van der Waals surface area contributed by atoms with Crippen molar-refractivity contribution in [1.82, 2.24) is 0 Å². The van der Waals surface area contributed by atoms with Crippen molar-refractivity contribution in [3.63, 3.8) is 0 Å². The predicted octanol–water partition coefficient (Wildman–Crippen LogP) is 2.77. The van der Waals surface area contributed by atoms with Crippen molar-refractivity contribution in [3.05, 3.63) is 12.2 Å². The topological polar surface area (TPSA) is 49.1 Å². The molecule has 0 heterocycles. The lowest BCUT2D eigenvalue weighted by molar-refractivity contribution is -0.0411. The largest absolute Gasteiger partial charge is 0.598 e. The lowest BCUT2D eigenvalue weighted by Gasteiger charge is -2.27. The summed E-state index contributed by atoms with van der Waals surface area (Å²) in [6.07, 6.45) is 4.58. The van der Waals surface area contributed by atoms with Gasteiger partial charge >= 0.3 is 0 Å². The second-order valence-corrected chi connectivity index (χ2v) is 6.60. The van der Waals surface area contributed by atoms with Crippen molar-refractivity contribution in [2.75, 3.05) is 0 Å². The van der Waals surface area contributed by atoms with E-state index in [9.17, 15) is 13.3 Å². The highest BCUT2D eigenvalue weighted by Crippen LogP contribution is 2.36. The summed E-state index contributed by atoms with van der Waals surface area (Å²) in [5.74, 6) is -2.32. The quantitative estimate of drug-likeness (QED) is 0.619. The van der Waals surface area contributed by atoms with Crippen LogP contribution >= 0.6 is 0 Å². The van der Waals surface area contributed by atoms with Crippen LogP contribution in [-0.4, -0.2) is 15.2 Å². The minimum absolute atomic E-state index is 0.0475. The SMILES string of the molecule is CC(C)(C=CC1CCC(F)(F)CC1)[S+](N)[O-]. The summed E-state index contributed by atoms with van der Waals surface area (Å²) in [6.45, 7) is 3.55. The molecule has 1 fully saturated rings. The highest BCUT2D eigenvalue weighted by atomic mass is 32.2. The molecule has 16 heavy (non-hydrogen) atoms. The molecule has 1 rings (SSSR count). The molecule has 1 atom stereocenters. The summed E-state index contributed by atoms with van der Waals surface area (Å²) >= 11 is -1.43. The Morgan fingerprint density at radius 2 is 1.88 bits per heavy atom. The van der Waals surface area contributed by atoms with Crippen molar-refractivity contribution < 1.29 is 13.3 Å². The Kier molecular flexibility index (Phi) is 4.37.